The number of aliphatic imine (C=N–C) groups is 1. The van der Waals surface area contributed by atoms with Crippen molar-refractivity contribution in [2.45, 2.75) is 19.8 Å². The Morgan fingerprint density at radius 1 is 1.29 bits per heavy atom. The fraction of sp³-hybridized carbons (Fsp3) is 0.273. The molecule has 0 bridgehead atoms. The molecule has 0 saturated carbocycles. The number of hydrogen-bond acceptors (Lipinski definition) is 4. The number of rotatable bonds is 6. The number of anilines is 2. The second kappa shape index (κ2) is 9.55. The third-order valence-corrected chi connectivity index (χ3v) is 4.94. The quantitative estimate of drug-likeness (QED) is 0.633. The predicted molar refractivity (Wildman–Crippen MR) is 119 cm³/mol. The number of ether oxygens (including phenoxy) is 1. The number of halogens is 1. The lowest BCUT2D eigenvalue weighted by Crippen LogP contribution is -2.37. The van der Waals surface area contributed by atoms with Gasteiger partial charge in [0.2, 0.25) is 0 Å². The number of amidine groups is 1. The van der Waals surface area contributed by atoms with Crippen LogP contribution < -0.4 is 10.2 Å². The van der Waals surface area contributed by atoms with Gasteiger partial charge in [-0.1, -0.05) is 65.7 Å². The molecule has 0 saturated heterocycles. The van der Waals surface area contributed by atoms with Crippen LogP contribution in [-0.2, 0) is 9.53 Å². The number of unbranched alkanes of at least 4 members (excludes halogenated alkanes) is 1. The maximum absolute atomic E-state index is 11.5. The van der Waals surface area contributed by atoms with Gasteiger partial charge in [-0.25, -0.2) is 0 Å². The fourth-order valence-electron chi connectivity index (χ4n) is 3.08. The third-order valence-electron chi connectivity index (χ3n) is 4.45. The van der Waals surface area contributed by atoms with Crippen LogP contribution in [0.4, 0.5) is 11.4 Å². The number of nitrogens with zero attached hydrogens (tertiary/aromatic N) is 2. The highest BCUT2D eigenvalue weighted by molar-refractivity contribution is 9.10. The SMILES string of the molecule is CCC/C=C(\c1ccccc1)N1CC(=NCC(=O)OC)Nc2cc(Br)ccc21. The van der Waals surface area contributed by atoms with Crippen LogP contribution in [0.5, 0.6) is 0 Å². The number of carbonyl (C=O) groups is 1. The van der Waals surface area contributed by atoms with Gasteiger partial charge in [0.1, 0.15) is 12.4 Å². The minimum atomic E-state index is -0.356. The summed E-state index contributed by atoms with van der Waals surface area (Å²) in [6, 6.07) is 16.5. The number of nitrogens with one attached hydrogen (secondary N) is 1. The Labute approximate surface area is 174 Å². The number of esters is 1. The van der Waals surface area contributed by atoms with E-state index in [0.29, 0.717) is 6.54 Å². The molecule has 0 spiro atoms. The minimum absolute atomic E-state index is 0.00461. The van der Waals surface area contributed by atoms with Gasteiger partial charge in [-0.15, -0.1) is 0 Å². The summed E-state index contributed by atoms with van der Waals surface area (Å²) in [7, 11) is 1.37. The summed E-state index contributed by atoms with van der Waals surface area (Å²) in [6.45, 7) is 2.72. The Morgan fingerprint density at radius 2 is 2.07 bits per heavy atom. The number of allylic oxidation sites excluding steroid dienone is 1. The van der Waals surface area contributed by atoms with Crippen molar-refractivity contribution < 1.29 is 9.53 Å². The molecule has 0 aromatic heterocycles. The van der Waals surface area contributed by atoms with Gasteiger partial charge in [-0.3, -0.25) is 9.79 Å². The molecule has 146 valence electrons. The highest BCUT2D eigenvalue weighted by Gasteiger charge is 2.24. The monoisotopic (exact) mass is 441 g/mol. The van der Waals surface area contributed by atoms with Gasteiger partial charge in [-0.2, -0.15) is 0 Å². The maximum Gasteiger partial charge on any atom is 0.327 e. The molecule has 1 N–H and O–H groups in total. The molecule has 1 heterocycles. The molecule has 1 aliphatic rings. The van der Waals surface area contributed by atoms with Crippen LogP contribution in [0.1, 0.15) is 25.3 Å². The zero-order valence-corrected chi connectivity index (χ0v) is 17.7. The predicted octanol–water partition coefficient (Wildman–Crippen LogP) is 5.09. The van der Waals surface area contributed by atoms with E-state index >= 15 is 0 Å². The molecular weight excluding hydrogens is 418 g/mol. The average molecular weight is 442 g/mol. The van der Waals surface area contributed by atoms with Crippen LogP contribution in [0.15, 0.2) is 64.1 Å². The van der Waals surface area contributed by atoms with Gasteiger partial charge in [-0.05, 0) is 30.2 Å². The zero-order chi connectivity index (χ0) is 19.9. The second-order valence-electron chi connectivity index (χ2n) is 6.46. The molecule has 1 aliphatic heterocycles. The highest BCUT2D eigenvalue weighted by atomic mass is 79.9. The molecule has 0 amide bonds. The van der Waals surface area contributed by atoms with E-state index in [1.54, 1.807) is 0 Å². The third kappa shape index (κ3) is 4.81. The molecule has 0 fully saturated rings. The average Bonchev–Trinajstić information content (AvgIpc) is 2.72. The second-order valence-corrected chi connectivity index (χ2v) is 7.37. The first-order valence-corrected chi connectivity index (χ1v) is 10.1. The van der Waals surface area contributed by atoms with Crippen LogP contribution in [0, 0.1) is 0 Å². The van der Waals surface area contributed by atoms with Crippen molar-refractivity contribution in [1.29, 1.82) is 0 Å². The van der Waals surface area contributed by atoms with Crippen LogP contribution in [-0.4, -0.2) is 32.0 Å². The van der Waals surface area contributed by atoms with Crippen molar-refractivity contribution in [3.05, 3.63) is 64.6 Å². The minimum Gasteiger partial charge on any atom is -0.468 e. The Hall–Kier alpha value is -2.60. The van der Waals surface area contributed by atoms with Crippen molar-refractivity contribution in [2.75, 3.05) is 30.4 Å². The van der Waals surface area contributed by atoms with Gasteiger partial charge in [0, 0.05) is 10.2 Å². The van der Waals surface area contributed by atoms with Crippen LogP contribution in [0.25, 0.3) is 5.70 Å². The van der Waals surface area contributed by atoms with Crippen molar-refractivity contribution in [1.82, 2.24) is 0 Å². The Kier molecular flexibility index (Phi) is 6.87. The summed E-state index contributed by atoms with van der Waals surface area (Å²) in [5, 5.41) is 3.35. The number of methoxy groups -OCH3 is 1. The molecule has 0 radical (unpaired) electrons. The summed E-state index contributed by atoms with van der Waals surface area (Å²) in [6.07, 6.45) is 4.32. The van der Waals surface area contributed by atoms with E-state index < -0.39 is 0 Å². The Balaban J connectivity index is 2.04. The molecule has 0 aliphatic carbocycles. The summed E-state index contributed by atoms with van der Waals surface area (Å²) in [4.78, 5) is 18.2. The highest BCUT2D eigenvalue weighted by Crippen LogP contribution is 2.37. The van der Waals surface area contributed by atoms with Crippen molar-refractivity contribution in [2.24, 2.45) is 4.99 Å². The number of hydrogen-bond donors (Lipinski definition) is 1. The largest absolute Gasteiger partial charge is 0.468 e. The number of fused-ring (bicyclic) bond motifs is 1. The fourth-order valence-corrected chi connectivity index (χ4v) is 3.44. The van der Waals surface area contributed by atoms with Gasteiger partial charge in [0.05, 0.1) is 25.0 Å². The Morgan fingerprint density at radius 3 is 2.79 bits per heavy atom. The van der Waals surface area contributed by atoms with Gasteiger partial charge < -0.3 is 15.0 Å². The molecule has 5 nitrogen and oxygen atoms in total. The molecule has 6 heteroatoms. The van der Waals surface area contributed by atoms with E-state index in [1.165, 1.54) is 7.11 Å². The van der Waals surface area contributed by atoms with Gasteiger partial charge >= 0.3 is 5.97 Å². The molecular formula is C22H24BrN3O2. The van der Waals surface area contributed by atoms with Gasteiger partial charge in [0.15, 0.2) is 0 Å². The van der Waals surface area contributed by atoms with E-state index in [-0.39, 0.29) is 12.5 Å². The molecule has 0 atom stereocenters. The zero-order valence-electron chi connectivity index (χ0n) is 16.1. The van der Waals surface area contributed by atoms with Crippen molar-refractivity contribution in [3.8, 4) is 0 Å². The number of carbonyl (C=O) groups excluding carboxylic acids is 1. The number of benzene rings is 2. The summed E-state index contributed by atoms with van der Waals surface area (Å²) in [5.41, 5.74) is 4.31. The standard InChI is InChI=1S/C22H24BrN3O2/c1-3-4-10-19(16-8-6-5-7-9-16)26-15-21(24-14-22(27)28-2)25-18-13-17(23)11-12-20(18)26/h5-13H,3-4,14-15H2,1-2H3,(H,24,25)/b19-10+. The van der Waals surface area contributed by atoms with Crippen molar-refractivity contribution >= 4 is 44.8 Å². The molecule has 0 unspecified atom stereocenters. The molecule has 2 aromatic carbocycles. The first kappa shape index (κ1) is 20.1. The smallest absolute Gasteiger partial charge is 0.327 e. The first-order chi connectivity index (χ1) is 13.6. The van der Waals surface area contributed by atoms with Crippen molar-refractivity contribution in [3.63, 3.8) is 0 Å². The topological polar surface area (TPSA) is 53.9 Å². The van der Waals surface area contributed by atoms with E-state index in [4.69, 9.17) is 4.74 Å². The normalized spacial score (nSPS) is 15.2. The first-order valence-electron chi connectivity index (χ1n) is 9.32. The summed E-state index contributed by atoms with van der Waals surface area (Å²) >= 11 is 3.54. The van der Waals surface area contributed by atoms with Crippen LogP contribution in [0.2, 0.25) is 0 Å². The summed E-state index contributed by atoms with van der Waals surface area (Å²) in [5.74, 6) is 0.375. The van der Waals surface area contributed by atoms with E-state index in [1.807, 2.05) is 30.3 Å². The maximum atomic E-state index is 11.5. The molecule has 28 heavy (non-hydrogen) atoms. The van der Waals surface area contributed by atoms with E-state index in [9.17, 15) is 4.79 Å². The Bertz CT molecular complexity index is 894. The lowest BCUT2D eigenvalue weighted by atomic mass is 10.1. The lowest BCUT2D eigenvalue weighted by molar-refractivity contribution is -0.138. The van der Waals surface area contributed by atoms with E-state index in [0.717, 1.165) is 45.8 Å². The lowest BCUT2D eigenvalue weighted by Gasteiger charge is -2.35. The molecule has 3 rings (SSSR count). The molecule has 2 aromatic rings. The van der Waals surface area contributed by atoms with E-state index in [2.05, 4.69) is 62.3 Å². The van der Waals surface area contributed by atoms with Crippen LogP contribution >= 0.6 is 15.9 Å². The summed E-state index contributed by atoms with van der Waals surface area (Å²) < 4.78 is 5.70. The van der Waals surface area contributed by atoms with Gasteiger partial charge in [0.25, 0.3) is 0 Å². The van der Waals surface area contributed by atoms with Crippen LogP contribution in [0.3, 0.4) is 0 Å².